The van der Waals surface area contributed by atoms with Crippen LogP contribution >= 0.6 is 0 Å². The van der Waals surface area contributed by atoms with Crippen molar-refractivity contribution in [1.82, 2.24) is 0 Å². The van der Waals surface area contributed by atoms with Crippen LogP contribution in [0.4, 0.5) is 0 Å². The van der Waals surface area contributed by atoms with Crippen molar-refractivity contribution in [2.24, 2.45) is 0 Å². The molecule has 0 unspecified atom stereocenters. The van der Waals surface area contributed by atoms with Gasteiger partial charge in [-0.05, 0) is 26.2 Å². The van der Waals surface area contributed by atoms with Gasteiger partial charge in [-0.15, -0.1) is 0 Å². The van der Waals surface area contributed by atoms with E-state index in [1.54, 1.807) is 6.92 Å². The van der Waals surface area contributed by atoms with Gasteiger partial charge in [0.1, 0.15) is 11.6 Å². The van der Waals surface area contributed by atoms with Crippen LogP contribution in [0.2, 0.25) is 0 Å². The number of rotatable bonds is 9. The highest BCUT2D eigenvalue weighted by Gasteiger charge is 2.01. The largest absolute Gasteiger partial charge is 0.300 e. The van der Waals surface area contributed by atoms with Crippen molar-refractivity contribution in [2.75, 3.05) is 0 Å². The fourth-order valence-electron chi connectivity index (χ4n) is 1.39. The second-order valence-electron chi connectivity index (χ2n) is 3.90. The zero-order valence-electron chi connectivity index (χ0n) is 9.47. The molecule has 0 aromatic carbocycles. The van der Waals surface area contributed by atoms with Crippen LogP contribution in [0.25, 0.3) is 0 Å². The number of ketones is 2. The molecule has 0 atom stereocenters. The first-order chi connectivity index (χ1) is 6.66. The van der Waals surface area contributed by atoms with E-state index < -0.39 is 0 Å². The third-order valence-electron chi connectivity index (χ3n) is 2.29. The summed E-state index contributed by atoms with van der Waals surface area (Å²) < 4.78 is 0. The topological polar surface area (TPSA) is 34.1 Å². The summed E-state index contributed by atoms with van der Waals surface area (Å²) >= 11 is 0. The minimum atomic E-state index is 0.225. The lowest BCUT2D eigenvalue weighted by Gasteiger charge is -1.99. The fourth-order valence-corrected chi connectivity index (χ4v) is 1.39. The van der Waals surface area contributed by atoms with E-state index in [0.29, 0.717) is 18.6 Å². The molecule has 0 aromatic heterocycles. The van der Waals surface area contributed by atoms with Gasteiger partial charge in [0.25, 0.3) is 0 Å². The van der Waals surface area contributed by atoms with Gasteiger partial charge in [0.05, 0.1) is 0 Å². The number of carbonyl (C=O) groups is 2. The molecule has 0 aliphatic carbocycles. The first kappa shape index (κ1) is 13.3. The van der Waals surface area contributed by atoms with E-state index in [2.05, 4.69) is 6.92 Å². The van der Waals surface area contributed by atoms with E-state index in [1.807, 2.05) is 0 Å². The first-order valence-electron chi connectivity index (χ1n) is 5.68. The Kier molecular flexibility index (Phi) is 8.50. The van der Waals surface area contributed by atoms with Crippen molar-refractivity contribution in [2.45, 2.75) is 65.2 Å². The Hall–Kier alpha value is -0.660. The molecular formula is C12H22O2. The second kappa shape index (κ2) is 8.92. The van der Waals surface area contributed by atoms with Crippen LogP contribution in [0.1, 0.15) is 65.2 Å². The Morgan fingerprint density at radius 2 is 1.36 bits per heavy atom. The smallest absolute Gasteiger partial charge is 0.132 e. The van der Waals surface area contributed by atoms with Gasteiger partial charge in [-0.1, -0.05) is 19.8 Å². The third-order valence-corrected chi connectivity index (χ3v) is 2.29. The van der Waals surface area contributed by atoms with E-state index in [4.69, 9.17) is 0 Å². The van der Waals surface area contributed by atoms with Crippen LogP contribution in [-0.2, 0) is 9.59 Å². The van der Waals surface area contributed by atoms with Gasteiger partial charge in [-0.3, -0.25) is 4.79 Å². The summed E-state index contributed by atoms with van der Waals surface area (Å²) in [5.74, 6) is 0.588. The number of hydrogen-bond acceptors (Lipinski definition) is 2. The van der Waals surface area contributed by atoms with Crippen LogP contribution in [-0.4, -0.2) is 11.6 Å². The molecule has 0 radical (unpaired) electrons. The van der Waals surface area contributed by atoms with Gasteiger partial charge in [-0.2, -0.15) is 0 Å². The van der Waals surface area contributed by atoms with Gasteiger partial charge < -0.3 is 4.79 Å². The molecule has 0 aliphatic rings. The summed E-state index contributed by atoms with van der Waals surface area (Å²) in [4.78, 5) is 21.9. The molecule has 0 bridgehead atoms. The molecule has 14 heavy (non-hydrogen) atoms. The number of unbranched alkanes of at least 4 members (excludes halogenated alkanes) is 3. The molecule has 2 heteroatoms. The number of carbonyl (C=O) groups excluding carboxylic acids is 2. The molecule has 0 saturated heterocycles. The van der Waals surface area contributed by atoms with E-state index >= 15 is 0 Å². The van der Waals surface area contributed by atoms with Crippen molar-refractivity contribution in [3.05, 3.63) is 0 Å². The van der Waals surface area contributed by atoms with Crippen molar-refractivity contribution in [1.29, 1.82) is 0 Å². The molecular weight excluding hydrogens is 176 g/mol. The lowest BCUT2D eigenvalue weighted by atomic mass is 10.1. The van der Waals surface area contributed by atoms with Crippen LogP contribution in [0.15, 0.2) is 0 Å². The first-order valence-corrected chi connectivity index (χ1v) is 5.68. The highest BCUT2D eigenvalue weighted by molar-refractivity contribution is 5.78. The van der Waals surface area contributed by atoms with Crippen LogP contribution < -0.4 is 0 Å². The molecule has 0 N–H and O–H groups in total. The lowest BCUT2D eigenvalue weighted by Crippen LogP contribution is -1.98. The van der Waals surface area contributed by atoms with Crippen molar-refractivity contribution in [3.8, 4) is 0 Å². The predicted molar refractivity (Wildman–Crippen MR) is 58.3 cm³/mol. The quantitative estimate of drug-likeness (QED) is 0.533. The van der Waals surface area contributed by atoms with E-state index in [9.17, 15) is 9.59 Å². The summed E-state index contributed by atoms with van der Waals surface area (Å²) in [7, 11) is 0. The molecule has 82 valence electrons. The maximum atomic E-state index is 11.3. The van der Waals surface area contributed by atoms with Gasteiger partial charge in [0, 0.05) is 19.3 Å². The maximum absolute atomic E-state index is 11.3. The van der Waals surface area contributed by atoms with Crippen LogP contribution in [0.3, 0.4) is 0 Å². The van der Waals surface area contributed by atoms with Gasteiger partial charge in [0.15, 0.2) is 0 Å². The Morgan fingerprint density at radius 1 is 0.857 bits per heavy atom. The molecule has 2 nitrogen and oxygen atoms in total. The van der Waals surface area contributed by atoms with Gasteiger partial charge in [0.2, 0.25) is 0 Å². The van der Waals surface area contributed by atoms with Crippen molar-refractivity contribution >= 4 is 11.6 Å². The summed E-state index contributed by atoms with van der Waals surface area (Å²) in [6.45, 7) is 3.74. The van der Waals surface area contributed by atoms with Crippen molar-refractivity contribution < 1.29 is 9.59 Å². The molecule has 0 spiro atoms. The minimum Gasteiger partial charge on any atom is -0.300 e. The van der Waals surface area contributed by atoms with Gasteiger partial charge >= 0.3 is 0 Å². The van der Waals surface area contributed by atoms with Crippen LogP contribution in [0, 0.1) is 0 Å². The second-order valence-corrected chi connectivity index (χ2v) is 3.90. The minimum absolute atomic E-state index is 0.225. The third kappa shape index (κ3) is 9.43. The number of Topliss-reactive ketones (excluding diaryl/α,β-unsaturated/α-hetero) is 2. The molecule has 0 rings (SSSR count). The standard InChI is InChI=1S/C12H22O2/c1-3-4-5-9-12(14)10-7-6-8-11(2)13/h3-10H2,1-2H3. The molecule has 0 heterocycles. The van der Waals surface area contributed by atoms with Crippen LogP contribution in [0.5, 0.6) is 0 Å². The van der Waals surface area contributed by atoms with E-state index in [0.717, 1.165) is 38.5 Å². The molecule has 0 fully saturated rings. The summed E-state index contributed by atoms with van der Waals surface area (Å²) in [6.07, 6.45) is 7.12. The Morgan fingerprint density at radius 3 is 1.86 bits per heavy atom. The summed E-state index contributed by atoms with van der Waals surface area (Å²) in [5.41, 5.74) is 0. The molecule has 0 saturated carbocycles. The SMILES string of the molecule is CCCCCC(=O)CCCCC(C)=O. The maximum Gasteiger partial charge on any atom is 0.132 e. The molecule has 0 amide bonds. The molecule has 0 aromatic rings. The zero-order valence-corrected chi connectivity index (χ0v) is 9.47. The highest BCUT2D eigenvalue weighted by atomic mass is 16.1. The number of hydrogen-bond donors (Lipinski definition) is 0. The Bertz CT molecular complexity index is 173. The summed E-state index contributed by atoms with van der Waals surface area (Å²) in [6, 6.07) is 0. The van der Waals surface area contributed by atoms with Gasteiger partial charge in [-0.25, -0.2) is 0 Å². The normalized spacial score (nSPS) is 10.1. The van der Waals surface area contributed by atoms with Crippen molar-refractivity contribution in [3.63, 3.8) is 0 Å². The molecule has 0 aliphatic heterocycles. The Balaban J connectivity index is 3.22. The average molecular weight is 198 g/mol. The average Bonchev–Trinajstić information content (AvgIpc) is 2.13. The zero-order chi connectivity index (χ0) is 10.8. The predicted octanol–water partition coefficient (Wildman–Crippen LogP) is 3.29. The van der Waals surface area contributed by atoms with E-state index in [-0.39, 0.29) is 5.78 Å². The lowest BCUT2D eigenvalue weighted by molar-refractivity contribution is -0.120. The monoisotopic (exact) mass is 198 g/mol. The Labute approximate surface area is 87.1 Å². The highest BCUT2D eigenvalue weighted by Crippen LogP contribution is 2.06. The summed E-state index contributed by atoms with van der Waals surface area (Å²) in [5, 5.41) is 0. The van der Waals surface area contributed by atoms with E-state index in [1.165, 1.54) is 0 Å². The fraction of sp³-hybridized carbons (Fsp3) is 0.833.